The van der Waals surface area contributed by atoms with Gasteiger partial charge < -0.3 is 4.90 Å². The first-order chi connectivity index (χ1) is 9.52. The lowest BCUT2D eigenvalue weighted by Gasteiger charge is -2.11. The SMILES string of the molecule is CN(C=O)c1ccc(C(=O)c2cc(F)ccc2Br)cc1. The van der Waals surface area contributed by atoms with Crippen molar-refractivity contribution >= 4 is 33.8 Å². The molecule has 2 rings (SSSR count). The summed E-state index contributed by atoms with van der Waals surface area (Å²) in [7, 11) is 1.62. The van der Waals surface area contributed by atoms with Gasteiger partial charge in [0.15, 0.2) is 5.78 Å². The molecule has 2 aromatic carbocycles. The summed E-state index contributed by atoms with van der Waals surface area (Å²) < 4.78 is 13.8. The number of hydrogen-bond donors (Lipinski definition) is 0. The molecular weight excluding hydrogens is 325 g/mol. The van der Waals surface area contributed by atoms with E-state index in [1.165, 1.54) is 23.1 Å². The molecule has 0 aliphatic heterocycles. The van der Waals surface area contributed by atoms with E-state index in [0.29, 0.717) is 22.1 Å². The summed E-state index contributed by atoms with van der Waals surface area (Å²) >= 11 is 3.24. The van der Waals surface area contributed by atoms with Gasteiger partial charge in [-0.1, -0.05) is 15.9 Å². The molecule has 0 atom stereocenters. The van der Waals surface area contributed by atoms with E-state index in [2.05, 4.69) is 15.9 Å². The van der Waals surface area contributed by atoms with Gasteiger partial charge in [0, 0.05) is 28.3 Å². The van der Waals surface area contributed by atoms with Crippen molar-refractivity contribution in [3.05, 3.63) is 63.9 Å². The van der Waals surface area contributed by atoms with Crippen LogP contribution >= 0.6 is 15.9 Å². The smallest absolute Gasteiger partial charge is 0.213 e. The molecule has 102 valence electrons. The Morgan fingerprint density at radius 1 is 1.20 bits per heavy atom. The van der Waals surface area contributed by atoms with Gasteiger partial charge in [0.1, 0.15) is 5.82 Å². The van der Waals surface area contributed by atoms with Crippen LogP contribution in [0.25, 0.3) is 0 Å². The molecule has 0 aromatic heterocycles. The molecule has 0 unspecified atom stereocenters. The summed E-state index contributed by atoms with van der Waals surface area (Å²) in [5.41, 5.74) is 1.37. The van der Waals surface area contributed by atoms with E-state index in [1.807, 2.05) is 0 Å². The molecule has 0 heterocycles. The van der Waals surface area contributed by atoms with Gasteiger partial charge in [-0.05, 0) is 42.5 Å². The van der Waals surface area contributed by atoms with E-state index >= 15 is 0 Å². The Balaban J connectivity index is 2.34. The molecule has 5 heteroatoms. The Hall–Kier alpha value is -2.01. The molecule has 0 spiro atoms. The second-order valence-electron chi connectivity index (χ2n) is 4.22. The minimum absolute atomic E-state index is 0.265. The molecule has 0 saturated heterocycles. The number of benzene rings is 2. The maximum atomic E-state index is 13.2. The topological polar surface area (TPSA) is 37.4 Å². The molecule has 0 saturated carbocycles. The Morgan fingerprint density at radius 2 is 1.85 bits per heavy atom. The van der Waals surface area contributed by atoms with Crippen molar-refractivity contribution in [1.82, 2.24) is 0 Å². The van der Waals surface area contributed by atoms with E-state index in [1.54, 1.807) is 31.3 Å². The molecular formula is C15H11BrFNO2. The van der Waals surface area contributed by atoms with Crippen molar-refractivity contribution in [1.29, 1.82) is 0 Å². The maximum absolute atomic E-state index is 13.2. The first-order valence-corrected chi connectivity index (χ1v) is 6.60. The average molecular weight is 336 g/mol. The lowest BCUT2D eigenvalue weighted by Crippen LogP contribution is -2.13. The summed E-state index contributed by atoms with van der Waals surface area (Å²) in [5, 5.41) is 0. The summed E-state index contributed by atoms with van der Waals surface area (Å²) in [6.45, 7) is 0. The van der Waals surface area contributed by atoms with Crippen LogP contribution in [0.4, 0.5) is 10.1 Å². The lowest BCUT2D eigenvalue weighted by molar-refractivity contribution is -0.107. The van der Waals surface area contributed by atoms with Gasteiger partial charge in [-0.2, -0.15) is 0 Å². The summed E-state index contributed by atoms with van der Waals surface area (Å²) in [4.78, 5) is 24.3. The molecule has 3 nitrogen and oxygen atoms in total. The Labute approximate surface area is 124 Å². The third-order valence-electron chi connectivity index (χ3n) is 2.87. The highest BCUT2D eigenvalue weighted by Gasteiger charge is 2.13. The van der Waals surface area contributed by atoms with E-state index in [9.17, 15) is 14.0 Å². The van der Waals surface area contributed by atoms with E-state index in [0.717, 1.165) is 0 Å². The van der Waals surface area contributed by atoms with E-state index in [-0.39, 0.29) is 11.3 Å². The van der Waals surface area contributed by atoms with E-state index in [4.69, 9.17) is 0 Å². The highest BCUT2D eigenvalue weighted by molar-refractivity contribution is 9.10. The number of carbonyl (C=O) groups is 2. The van der Waals surface area contributed by atoms with Crippen molar-refractivity contribution in [2.24, 2.45) is 0 Å². The number of hydrogen-bond acceptors (Lipinski definition) is 2. The Morgan fingerprint density at radius 3 is 2.45 bits per heavy atom. The van der Waals surface area contributed by atoms with Crippen molar-refractivity contribution < 1.29 is 14.0 Å². The predicted molar refractivity (Wildman–Crippen MR) is 78.4 cm³/mol. The third kappa shape index (κ3) is 2.93. The van der Waals surface area contributed by atoms with Gasteiger partial charge >= 0.3 is 0 Å². The lowest BCUT2D eigenvalue weighted by atomic mass is 10.0. The van der Waals surface area contributed by atoms with Crippen LogP contribution in [-0.4, -0.2) is 19.2 Å². The van der Waals surface area contributed by atoms with Crippen LogP contribution in [0.5, 0.6) is 0 Å². The summed E-state index contributed by atoms with van der Waals surface area (Å²) in [6.07, 6.45) is 0.681. The maximum Gasteiger partial charge on any atom is 0.213 e. The molecule has 0 aliphatic carbocycles. The third-order valence-corrected chi connectivity index (χ3v) is 3.56. The highest BCUT2D eigenvalue weighted by atomic mass is 79.9. The standard InChI is InChI=1S/C15H11BrFNO2/c1-18(9-19)12-5-2-10(3-6-12)15(20)13-8-11(17)4-7-14(13)16/h2-9H,1H3. The number of rotatable bonds is 4. The fourth-order valence-electron chi connectivity index (χ4n) is 1.74. The monoisotopic (exact) mass is 335 g/mol. The molecule has 0 bridgehead atoms. The normalized spacial score (nSPS) is 10.2. The first kappa shape index (κ1) is 14.4. The second kappa shape index (κ2) is 5.96. The zero-order valence-corrected chi connectivity index (χ0v) is 12.2. The zero-order chi connectivity index (χ0) is 14.7. The summed E-state index contributed by atoms with van der Waals surface area (Å²) in [5.74, 6) is -0.745. The molecule has 1 amide bonds. The second-order valence-corrected chi connectivity index (χ2v) is 5.07. The summed E-state index contributed by atoms with van der Waals surface area (Å²) in [6, 6.07) is 10.5. The number of nitrogens with zero attached hydrogens (tertiary/aromatic N) is 1. The van der Waals surface area contributed by atoms with Crippen LogP contribution in [0.15, 0.2) is 46.9 Å². The first-order valence-electron chi connectivity index (χ1n) is 5.81. The van der Waals surface area contributed by atoms with Gasteiger partial charge in [0.25, 0.3) is 0 Å². The molecule has 0 radical (unpaired) electrons. The predicted octanol–water partition coefficient (Wildman–Crippen LogP) is 3.41. The number of anilines is 1. The fourth-order valence-corrected chi connectivity index (χ4v) is 2.16. The van der Waals surface area contributed by atoms with Crippen LogP contribution < -0.4 is 4.90 Å². The van der Waals surface area contributed by atoms with Crippen molar-refractivity contribution in [2.75, 3.05) is 11.9 Å². The number of amides is 1. The largest absolute Gasteiger partial charge is 0.318 e. The number of carbonyl (C=O) groups excluding carboxylic acids is 2. The number of ketones is 1. The van der Waals surface area contributed by atoms with Crippen LogP contribution in [0.1, 0.15) is 15.9 Å². The highest BCUT2D eigenvalue weighted by Crippen LogP contribution is 2.22. The molecule has 0 N–H and O–H groups in total. The van der Waals surface area contributed by atoms with Crippen molar-refractivity contribution in [3.8, 4) is 0 Å². The minimum atomic E-state index is -0.464. The van der Waals surface area contributed by atoms with Crippen molar-refractivity contribution in [2.45, 2.75) is 0 Å². The van der Waals surface area contributed by atoms with Crippen LogP contribution in [0.2, 0.25) is 0 Å². The molecule has 2 aromatic rings. The quantitative estimate of drug-likeness (QED) is 0.634. The minimum Gasteiger partial charge on any atom is -0.318 e. The Kier molecular flexibility index (Phi) is 4.29. The van der Waals surface area contributed by atoms with E-state index < -0.39 is 5.82 Å². The van der Waals surface area contributed by atoms with Gasteiger partial charge in [-0.15, -0.1) is 0 Å². The van der Waals surface area contributed by atoms with Crippen LogP contribution in [0, 0.1) is 5.82 Å². The molecule has 0 fully saturated rings. The van der Waals surface area contributed by atoms with Gasteiger partial charge in [-0.3, -0.25) is 9.59 Å². The molecule has 20 heavy (non-hydrogen) atoms. The van der Waals surface area contributed by atoms with Gasteiger partial charge in [0.2, 0.25) is 6.41 Å². The number of halogens is 2. The average Bonchev–Trinajstić information content (AvgIpc) is 2.48. The molecule has 0 aliphatic rings. The zero-order valence-electron chi connectivity index (χ0n) is 10.6. The van der Waals surface area contributed by atoms with Gasteiger partial charge in [-0.25, -0.2) is 4.39 Å². The van der Waals surface area contributed by atoms with Crippen LogP contribution in [-0.2, 0) is 4.79 Å². The Bertz CT molecular complexity index is 655. The fraction of sp³-hybridized carbons (Fsp3) is 0.0667. The van der Waals surface area contributed by atoms with Crippen LogP contribution in [0.3, 0.4) is 0 Å². The van der Waals surface area contributed by atoms with Gasteiger partial charge in [0.05, 0.1) is 0 Å². The van der Waals surface area contributed by atoms with Crippen molar-refractivity contribution in [3.63, 3.8) is 0 Å².